The van der Waals surface area contributed by atoms with Gasteiger partial charge in [0.05, 0.1) is 0 Å². The molecule has 0 saturated heterocycles. The van der Waals surface area contributed by atoms with Crippen LogP contribution in [0.3, 0.4) is 0 Å². The fraction of sp³-hybridized carbons (Fsp3) is 0.522. The van der Waals surface area contributed by atoms with Crippen molar-refractivity contribution >= 4 is 11.6 Å². The van der Waals surface area contributed by atoms with Crippen LogP contribution in [-0.4, -0.2) is 53.5 Å². The van der Waals surface area contributed by atoms with Gasteiger partial charge in [-0.3, -0.25) is 14.4 Å². The van der Waals surface area contributed by atoms with Crippen LogP contribution in [0.1, 0.15) is 56.4 Å². The molecule has 3 aliphatic rings. The minimum Gasteiger partial charge on any atom is -0.348 e. The summed E-state index contributed by atoms with van der Waals surface area (Å²) in [5, 5.41) is 0. The molecule has 4 rings (SSSR count). The summed E-state index contributed by atoms with van der Waals surface area (Å²) in [6, 6.07) is 3.55. The first kappa shape index (κ1) is 19.8. The highest BCUT2D eigenvalue weighted by molar-refractivity contribution is 6.06. The molecule has 0 atom stereocenters. The van der Waals surface area contributed by atoms with E-state index in [0.29, 0.717) is 29.6 Å². The number of carbonyl (C=O) groups is 2. The van der Waals surface area contributed by atoms with Gasteiger partial charge in [-0.05, 0) is 58.8 Å². The molecule has 2 aliphatic carbocycles. The Morgan fingerprint density at radius 3 is 2.17 bits per heavy atom. The topological polar surface area (TPSA) is 73.5 Å². The molecule has 6 heteroatoms. The Kier molecular flexibility index (Phi) is 5.54. The predicted molar refractivity (Wildman–Crippen MR) is 111 cm³/mol. The number of nitrogens with zero attached hydrogens (tertiary/aromatic N) is 2. The van der Waals surface area contributed by atoms with Crippen LogP contribution in [0.5, 0.6) is 0 Å². The van der Waals surface area contributed by atoms with Crippen molar-refractivity contribution in [3.8, 4) is 0 Å². The molecule has 6 nitrogen and oxygen atoms in total. The molecule has 0 unspecified atom stereocenters. The molecular weight excluding hydrogens is 366 g/mol. The summed E-state index contributed by atoms with van der Waals surface area (Å²) < 4.78 is 0. The van der Waals surface area contributed by atoms with Crippen LogP contribution in [0.25, 0.3) is 0 Å². The minimum absolute atomic E-state index is 0.0852. The summed E-state index contributed by atoms with van der Waals surface area (Å²) in [6.45, 7) is 1.75. The fourth-order valence-electron chi connectivity index (χ4n) is 5.00. The van der Waals surface area contributed by atoms with E-state index in [2.05, 4.69) is 28.9 Å². The second-order valence-electron chi connectivity index (χ2n) is 8.47. The first-order chi connectivity index (χ1) is 14.0. The molecule has 1 aliphatic heterocycles. The Balaban J connectivity index is 1.87. The zero-order valence-electron chi connectivity index (χ0n) is 17.3. The Morgan fingerprint density at radius 1 is 1.00 bits per heavy atom. The number of nitrogens with one attached hydrogen (secondary N) is 1. The van der Waals surface area contributed by atoms with Crippen LogP contribution >= 0.6 is 0 Å². The van der Waals surface area contributed by atoms with Crippen molar-refractivity contribution in [1.29, 1.82) is 0 Å². The van der Waals surface area contributed by atoms with Crippen LogP contribution in [0.2, 0.25) is 0 Å². The normalized spacial score (nSPS) is 20.4. The number of aromatic nitrogens is 1. The number of H-pyrrole nitrogens is 1. The molecule has 154 valence electrons. The largest absolute Gasteiger partial charge is 0.348 e. The van der Waals surface area contributed by atoms with Gasteiger partial charge in [-0.15, -0.1) is 0 Å². The summed E-state index contributed by atoms with van der Waals surface area (Å²) in [5.74, 6) is -0.347. The molecule has 0 amide bonds. The standard InChI is InChI=1S/C23H29N3O3/c1-25(2)13-6-14-26-16-8-3-10-18(27)21(16)20(15-7-5-12-24-23(15)29)22-17(26)9-4-11-19(22)28/h5,7,12,20H,3-4,6,8-11,13-14H2,1-2H3,(H,24,29). The lowest BCUT2D eigenvalue weighted by molar-refractivity contribution is -0.117. The Morgan fingerprint density at radius 2 is 1.62 bits per heavy atom. The summed E-state index contributed by atoms with van der Waals surface area (Å²) >= 11 is 0. The number of Topliss-reactive ketones (excluding diaryl/α,β-unsaturated/α-hetero) is 2. The van der Waals surface area contributed by atoms with E-state index in [1.807, 2.05) is 0 Å². The maximum absolute atomic E-state index is 13.1. The number of ketones is 2. The van der Waals surface area contributed by atoms with Crippen molar-refractivity contribution in [1.82, 2.24) is 14.8 Å². The number of hydrogen-bond donors (Lipinski definition) is 1. The first-order valence-corrected chi connectivity index (χ1v) is 10.6. The lowest BCUT2D eigenvalue weighted by atomic mass is 9.71. The van der Waals surface area contributed by atoms with E-state index in [0.717, 1.165) is 56.6 Å². The Hall–Kier alpha value is -2.47. The molecule has 1 N–H and O–H groups in total. The number of aromatic amines is 1. The van der Waals surface area contributed by atoms with Crippen molar-refractivity contribution in [2.45, 2.75) is 50.9 Å². The first-order valence-electron chi connectivity index (χ1n) is 10.6. The molecule has 0 bridgehead atoms. The number of allylic oxidation sites excluding steroid dienone is 4. The van der Waals surface area contributed by atoms with E-state index in [4.69, 9.17) is 0 Å². The number of carbonyl (C=O) groups excluding carboxylic acids is 2. The minimum atomic E-state index is -0.518. The van der Waals surface area contributed by atoms with Crippen LogP contribution in [0.4, 0.5) is 0 Å². The van der Waals surface area contributed by atoms with Gasteiger partial charge in [0.25, 0.3) is 5.56 Å². The number of rotatable bonds is 5. The van der Waals surface area contributed by atoms with E-state index in [9.17, 15) is 14.4 Å². The molecule has 0 fully saturated rings. The van der Waals surface area contributed by atoms with Crippen molar-refractivity contribution in [2.24, 2.45) is 0 Å². The zero-order chi connectivity index (χ0) is 20.5. The molecule has 1 aromatic heterocycles. The summed E-state index contributed by atoms with van der Waals surface area (Å²) in [6.07, 6.45) is 6.85. The third-order valence-electron chi connectivity index (χ3n) is 6.23. The molecule has 0 aromatic carbocycles. The summed E-state index contributed by atoms with van der Waals surface area (Å²) in [7, 11) is 4.11. The molecule has 1 aromatic rings. The molecule has 0 radical (unpaired) electrons. The van der Waals surface area contributed by atoms with E-state index >= 15 is 0 Å². The van der Waals surface area contributed by atoms with Crippen molar-refractivity contribution < 1.29 is 9.59 Å². The van der Waals surface area contributed by atoms with Gasteiger partial charge in [0, 0.05) is 59.6 Å². The van der Waals surface area contributed by atoms with E-state index < -0.39 is 5.92 Å². The third-order valence-corrected chi connectivity index (χ3v) is 6.23. The molecule has 0 saturated carbocycles. The molecule has 29 heavy (non-hydrogen) atoms. The average molecular weight is 396 g/mol. The van der Waals surface area contributed by atoms with Gasteiger partial charge < -0.3 is 14.8 Å². The van der Waals surface area contributed by atoms with Gasteiger partial charge in [0.1, 0.15) is 0 Å². The summed E-state index contributed by atoms with van der Waals surface area (Å²) in [4.78, 5) is 46.0. The van der Waals surface area contributed by atoms with Crippen LogP contribution in [-0.2, 0) is 9.59 Å². The van der Waals surface area contributed by atoms with Crippen LogP contribution < -0.4 is 5.56 Å². The van der Waals surface area contributed by atoms with Crippen molar-refractivity contribution in [3.05, 3.63) is 56.8 Å². The van der Waals surface area contributed by atoms with Crippen LogP contribution in [0, 0.1) is 0 Å². The van der Waals surface area contributed by atoms with Gasteiger partial charge in [-0.2, -0.15) is 0 Å². The van der Waals surface area contributed by atoms with Crippen molar-refractivity contribution in [3.63, 3.8) is 0 Å². The quantitative estimate of drug-likeness (QED) is 0.830. The van der Waals surface area contributed by atoms with Gasteiger partial charge in [-0.1, -0.05) is 6.07 Å². The lowest BCUT2D eigenvalue weighted by Crippen LogP contribution is -2.41. The van der Waals surface area contributed by atoms with Gasteiger partial charge in [-0.25, -0.2) is 0 Å². The van der Waals surface area contributed by atoms with Crippen LogP contribution in [0.15, 0.2) is 45.7 Å². The highest BCUT2D eigenvalue weighted by Crippen LogP contribution is 2.48. The maximum Gasteiger partial charge on any atom is 0.252 e. The lowest BCUT2D eigenvalue weighted by Gasteiger charge is -2.44. The zero-order valence-corrected chi connectivity index (χ0v) is 17.3. The van der Waals surface area contributed by atoms with Gasteiger partial charge in [0.15, 0.2) is 11.6 Å². The second-order valence-corrected chi connectivity index (χ2v) is 8.47. The third kappa shape index (κ3) is 3.62. The fourth-order valence-corrected chi connectivity index (χ4v) is 5.00. The second kappa shape index (κ2) is 8.11. The Labute approximate surface area is 171 Å². The predicted octanol–water partition coefficient (Wildman–Crippen LogP) is 2.74. The summed E-state index contributed by atoms with van der Waals surface area (Å²) in [5.41, 5.74) is 3.77. The number of hydrogen-bond acceptors (Lipinski definition) is 5. The smallest absolute Gasteiger partial charge is 0.252 e. The SMILES string of the molecule is CN(C)CCCN1C2=C(C(=O)CCC2)C(c2ccc[nH]c2=O)C2=C1CCCC2=O. The highest BCUT2D eigenvalue weighted by Gasteiger charge is 2.43. The number of pyridine rings is 1. The molecular formula is C23H29N3O3. The van der Waals surface area contributed by atoms with E-state index in [1.54, 1.807) is 18.3 Å². The average Bonchev–Trinajstić information content (AvgIpc) is 2.69. The Bertz CT molecular complexity index is 910. The molecule has 2 heterocycles. The van der Waals surface area contributed by atoms with E-state index in [1.165, 1.54) is 0 Å². The van der Waals surface area contributed by atoms with E-state index in [-0.39, 0.29) is 17.1 Å². The van der Waals surface area contributed by atoms with Gasteiger partial charge in [0.2, 0.25) is 0 Å². The maximum atomic E-state index is 13.1. The van der Waals surface area contributed by atoms with Crippen molar-refractivity contribution in [2.75, 3.05) is 27.2 Å². The monoisotopic (exact) mass is 395 g/mol. The van der Waals surface area contributed by atoms with Gasteiger partial charge >= 0.3 is 0 Å². The molecule has 0 spiro atoms. The highest BCUT2D eigenvalue weighted by atomic mass is 16.1.